The van der Waals surface area contributed by atoms with E-state index >= 15 is 0 Å². The van der Waals surface area contributed by atoms with Crippen LogP contribution in [0.3, 0.4) is 0 Å². The average molecular weight is 615 g/mol. The number of hydrogen-bond donors (Lipinski definition) is 2. The predicted molar refractivity (Wildman–Crippen MR) is 151 cm³/mol. The van der Waals surface area contributed by atoms with Gasteiger partial charge in [-0.1, -0.05) is 0 Å². The molecule has 2 N–H and O–H groups in total. The zero-order chi connectivity index (χ0) is 29.3. The molecule has 0 radical (unpaired) electrons. The maximum absolute atomic E-state index is 9.00. The molecule has 6 nitrogen and oxygen atoms in total. The number of para-hydroxylation sites is 2. The van der Waals surface area contributed by atoms with E-state index < -0.39 is 11.9 Å². The quantitative estimate of drug-likeness (QED) is 0.275. The molecule has 0 saturated heterocycles. The van der Waals surface area contributed by atoms with Gasteiger partial charge in [-0.05, 0) is 0 Å². The molecule has 1 aromatic heterocycles. The molecular formula is C31H44N2O4Pd. The van der Waals surface area contributed by atoms with Crippen LogP contribution in [-0.4, -0.2) is 31.3 Å². The summed E-state index contributed by atoms with van der Waals surface area (Å²) in [5.74, 6) is 0.167. The first-order valence-electron chi connectivity index (χ1n) is 13.0. The van der Waals surface area contributed by atoms with Crippen molar-refractivity contribution in [2.24, 2.45) is 0 Å². The Hall–Kier alpha value is -2.75. The van der Waals surface area contributed by atoms with Gasteiger partial charge in [0.15, 0.2) is 0 Å². The second kappa shape index (κ2) is 15.0. The summed E-state index contributed by atoms with van der Waals surface area (Å²) in [6, 6.07) is 13.5. The van der Waals surface area contributed by atoms with Crippen LogP contribution in [0.4, 0.5) is 0 Å². The fraction of sp³-hybridized carbons (Fsp3) is 0.452. The van der Waals surface area contributed by atoms with Gasteiger partial charge in [-0.15, -0.1) is 0 Å². The first-order chi connectivity index (χ1) is 17.6. The minimum atomic E-state index is -0.833. The van der Waals surface area contributed by atoms with E-state index in [1.165, 1.54) is 33.6 Å². The fourth-order valence-electron chi connectivity index (χ4n) is 4.26. The molecule has 2 aromatic carbocycles. The van der Waals surface area contributed by atoms with Crippen molar-refractivity contribution in [3.63, 3.8) is 0 Å². The summed E-state index contributed by atoms with van der Waals surface area (Å²) in [4.78, 5) is 18.0. The van der Waals surface area contributed by atoms with Crippen LogP contribution in [0.5, 0.6) is 0 Å². The van der Waals surface area contributed by atoms with Crippen LogP contribution < -0.4 is 0 Å². The Bertz CT molecular complexity index is 1130. The van der Waals surface area contributed by atoms with Gasteiger partial charge >= 0.3 is 193 Å². The molecule has 0 aliphatic heterocycles. The molecule has 0 fully saturated rings. The van der Waals surface area contributed by atoms with Gasteiger partial charge in [-0.2, -0.15) is 0 Å². The Labute approximate surface area is 238 Å². The van der Waals surface area contributed by atoms with Crippen molar-refractivity contribution in [2.45, 2.75) is 92.9 Å². The van der Waals surface area contributed by atoms with Gasteiger partial charge in [0, 0.05) is 13.8 Å². The van der Waals surface area contributed by atoms with Gasteiger partial charge in [-0.3, -0.25) is 9.59 Å². The maximum atomic E-state index is 9.00. The second-order valence-electron chi connectivity index (χ2n) is 10.5. The Kier molecular flexibility index (Phi) is 13.1. The van der Waals surface area contributed by atoms with Crippen LogP contribution in [0.2, 0.25) is 0 Å². The topological polar surface area (TPSA) is 84.5 Å². The van der Waals surface area contributed by atoms with E-state index in [9.17, 15) is 0 Å². The molecule has 0 saturated carbocycles. The Morgan fingerprint density at radius 3 is 1.00 bits per heavy atom. The standard InChI is InChI=1S/C27H36N2.2C2H4O2.Pd/c1-18(2)22-11-9-12-23(19(3)4)26(22)28-15-16-29(17-28)27-24(20(5)6)13-10-14-25(27)21(7)8;2*1-2(3)4;/h9-16,18-21H,1-8H3;2*1H3,(H,3,4);. The molecule has 38 heavy (non-hydrogen) atoms. The van der Waals surface area contributed by atoms with Crippen LogP contribution in [0, 0.1) is 3.89 Å². The summed E-state index contributed by atoms with van der Waals surface area (Å²) in [6.45, 7) is 20.4. The van der Waals surface area contributed by atoms with Crippen LogP contribution in [0.1, 0.15) is 115 Å². The van der Waals surface area contributed by atoms with Crippen molar-refractivity contribution < 1.29 is 38.5 Å². The van der Waals surface area contributed by atoms with Gasteiger partial charge in [0.05, 0.1) is 0 Å². The summed E-state index contributed by atoms with van der Waals surface area (Å²) in [5, 5.41) is 14.8. The van der Waals surface area contributed by atoms with Gasteiger partial charge in [0.1, 0.15) is 0 Å². The number of carbonyl (C=O) groups is 2. The predicted octanol–water partition coefficient (Wildman–Crippen LogP) is 8.02. The van der Waals surface area contributed by atoms with Crippen molar-refractivity contribution >= 4 is 11.9 Å². The number of benzene rings is 2. The van der Waals surface area contributed by atoms with Crippen LogP contribution >= 0.6 is 0 Å². The van der Waals surface area contributed by atoms with E-state index in [2.05, 4.69) is 132 Å². The van der Waals surface area contributed by atoms with E-state index in [0.29, 0.717) is 23.7 Å². The SMILES string of the molecule is CC(=O)O.CC(=O)O.CC(C)c1cccc(C(C)C)c1-n1ccn(-c2c(C(C)C)cccc2C(C)C)[c]1=[Pd]. The zero-order valence-electron chi connectivity index (χ0n) is 24.3. The van der Waals surface area contributed by atoms with E-state index in [0.717, 1.165) is 17.7 Å². The summed E-state index contributed by atoms with van der Waals surface area (Å²) in [5.41, 5.74) is 8.18. The molecule has 0 amide bonds. The average Bonchev–Trinajstić information content (AvgIpc) is 3.17. The van der Waals surface area contributed by atoms with E-state index in [1.54, 1.807) is 0 Å². The van der Waals surface area contributed by atoms with Gasteiger partial charge < -0.3 is 10.2 Å². The second-order valence-corrected chi connectivity index (χ2v) is 11.2. The van der Waals surface area contributed by atoms with Crippen molar-refractivity contribution in [1.29, 1.82) is 0 Å². The summed E-state index contributed by atoms with van der Waals surface area (Å²) < 4.78 is 5.78. The zero-order valence-corrected chi connectivity index (χ0v) is 25.9. The Morgan fingerprint density at radius 2 is 0.816 bits per heavy atom. The van der Waals surface area contributed by atoms with Crippen molar-refractivity contribution in [2.75, 3.05) is 0 Å². The first kappa shape index (κ1) is 33.3. The molecule has 3 aromatic rings. The van der Waals surface area contributed by atoms with Gasteiger partial charge in [-0.25, -0.2) is 0 Å². The monoisotopic (exact) mass is 614 g/mol. The Morgan fingerprint density at radius 1 is 0.605 bits per heavy atom. The molecular weight excluding hydrogens is 571 g/mol. The number of imidazole rings is 1. The third-order valence-corrected chi connectivity index (χ3v) is 6.65. The van der Waals surface area contributed by atoms with E-state index in [4.69, 9.17) is 19.8 Å². The molecule has 3 rings (SSSR count). The molecule has 0 unspecified atom stereocenters. The summed E-state index contributed by atoms with van der Waals surface area (Å²) >= 11 is 3.64. The summed E-state index contributed by atoms with van der Waals surface area (Å²) in [7, 11) is 0. The number of rotatable bonds is 6. The van der Waals surface area contributed by atoms with Gasteiger partial charge in [0.25, 0.3) is 11.9 Å². The Balaban J connectivity index is 0.000000794. The molecule has 0 aliphatic rings. The third-order valence-electron chi connectivity index (χ3n) is 5.90. The number of nitrogens with zero attached hydrogens (tertiary/aromatic N) is 2. The molecule has 212 valence electrons. The van der Waals surface area contributed by atoms with Crippen molar-refractivity contribution in [1.82, 2.24) is 9.13 Å². The van der Waals surface area contributed by atoms with Crippen molar-refractivity contribution in [3.05, 3.63) is 74.9 Å². The van der Waals surface area contributed by atoms with Gasteiger partial charge in [0.2, 0.25) is 0 Å². The first-order valence-corrected chi connectivity index (χ1v) is 13.8. The molecule has 0 bridgehead atoms. The molecule has 0 spiro atoms. The number of aromatic nitrogens is 2. The third kappa shape index (κ3) is 8.93. The molecule has 0 aliphatic carbocycles. The number of carboxylic acids is 2. The fourth-order valence-corrected chi connectivity index (χ4v) is 4.84. The molecule has 7 heteroatoms. The van der Waals surface area contributed by atoms with E-state index in [-0.39, 0.29) is 0 Å². The normalized spacial score (nSPS) is 10.8. The van der Waals surface area contributed by atoms with E-state index in [1.807, 2.05) is 0 Å². The molecule has 1 heterocycles. The number of aliphatic carboxylic acids is 2. The van der Waals surface area contributed by atoms with Crippen LogP contribution in [0.25, 0.3) is 11.4 Å². The number of carboxylic acid groups (broad SMARTS) is 2. The van der Waals surface area contributed by atoms with Crippen LogP contribution in [-0.2, 0) is 28.3 Å². The summed E-state index contributed by atoms with van der Waals surface area (Å²) in [6.07, 6.45) is 4.43. The van der Waals surface area contributed by atoms with Crippen molar-refractivity contribution in [3.8, 4) is 11.4 Å². The number of hydrogen-bond acceptors (Lipinski definition) is 2. The molecule has 0 atom stereocenters. The minimum absolute atomic E-state index is 0.458. The van der Waals surface area contributed by atoms with Crippen LogP contribution in [0.15, 0.2) is 48.8 Å².